The third kappa shape index (κ3) is 8.73. The van der Waals surface area contributed by atoms with Gasteiger partial charge in [0.2, 0.25) is 11.8 Å². The van der Waals surface area contributed by atoms with Crippen molar-refractivity contribution in [1.82, 2.24) is 24.8 Å². The first-order valence-electron chi connectivity index (χ1n) is 14.6. The number of nitrogens with zero attached hydrogens (tertiary/aromatic N) is 3. The Morgan fingerprint density at radius 2 is 1.82 bits per heavy atom. The third-order valence-corrected chi connectivity index (χ3v) is 7.05. The molecule has 0 bridgehead atoms. The van der Waals surface area contributed by atoms with Crippen molar-refractivity contribution in [2.75, 3.05) is 5.32 Å². The molecule has 0 saturated carbocycles. The molecule has 3 amide bonds. The van der Waals surface area contributed by atoms with Crippen molar-refractivity contribution in [2.24, 2.45) is 5.73 Å². The van der Waals surface area contributed by atoms with Crippen molar-refractivity contribution in [3.63, 3.8) is 0 Å². The van der Waals surface area contributed by atoms with Crippen molar-refractivity contribution in [3.05, 3.63) is 130 Å². The van der Waals surface area contributed by atoms with Crippen molar-refractivity contribution < 1.29 is 36.7 Å². The van der Waals surface area contributed by atoms with Gasteiger partial charge in [0.25, 0.3) is 11.5 Å². The average molecular weight is 678 g/mol. The minimum absolute atomic E-state index is 0.000404. The Morgan fingerprint density at radius 1 is 1.02 bits per heavy atom. The molecule has 3 heterocycles. The number of fused-ring (bicyclic) bond motifs is 1. The first-order chi connectivity index (χ1) is 23.5. The van der Waals surface area contributed by atoms with E-state index in [2.05, 4.69) is 25.6 Å². The van der Waals surface area contributed by atoms with Crippen LogP contribution in [0.1, 0.15) is 34.7 Å². The predicted octanol–water partition coefficient (Wildman–Crippen LogP) is 3.86. The number of aromatic nitrogens is 4. The number of benzene rings is 2. The summed E-state index contributed by atoms with van der Waals surface area (Å²) >= 11 is 0. The van der Waals surface area contributed by atoms with Crippen molar-refractivity contribution in [3.8, 4) is 5.75 Å². The number of hydrogen-bond donors (Lipinski definition) is 4. The Balaban J connectivity index is 1.33. The average Bonchev–Trinajstić information content (AvgIpc) is 3.46. The maximum Gasteiger partial charge on any atom is 0.274 e. The number of halogens is 4. The fourth-order valence-corrected chi connectivity index (χ4v) is 4.69. The van der Waals surface area contributed by atoms with E-state index in [-0.39, 0.29) is 65.5 Å². The summed E-state index contributed by atoms with van der Waals surface area (Å²) in [5.74, 6) is -4.98. The molecule has 5 N–H and O–H groups in total. The second kappa shape index (κ2) is 15.1. The molecule has 16 heteroatoms. The van der Waals surface area contributed by atoms with Gasteiger partial charge in [-0.05, 0) is 55.3 Å². The van der Waals surface area contributed by atoms with Gasteiger partial charge in [0.05, 0.1) is 18.3 Å². The Labute approximate surface area is 274 Å². The number of primary amides is 1. The second-order valence-corrected chi connectivity index (χ2v) is 10.6. The zero-order chi connectivity index (χ0) is 35.1. The summed E-state index contributed by atoms with van der Waals surface area (Å²) < 4.78 is 61.9. The van der Waals surface area contributed by atoms with Gasteiger partial charge in [0, 0.05) is 30.0 Å². The smallest absolute Gasteiger partial charge is 0.274 e. The van der Waals surface area contributed by atoms with Crippen LogP contribution in [0.2, 0.25) is 0 Å². The topological polar surface area (TPSA) is 174 Å². The van der Waals surface area contributed by atoms with Gasteiger partial charge in [-0.2, -0.15) is 0 Å². The molecule has 1 atom stereocenters. The Morgan fingerprint density at radius 3 is 2.55 bits per heavy atom. The zero-order valence-electron chi connectivity index (χ0n) is 25.4. The van der Waals surface area contributed by atoms with E-state index in [0.29, 0.717) is 6.07 Å². The van der Waals surface area contributed by atoms with E-state index in [1.807, 2.05) is 0 Å². The minimum atomic E-state index is -1.21. The lowest BCUT2D eigenvalue weighted by Crippen LogP contribution is -2.44. The quantitative estimate of drug-likeness (QED) is 0.108. The molecule has 252 valence electrons. The maximum atomic E-state index is 14.4. The van der Waals surface area contributed by atoms with Gasteiger partial charge in [-0.25, -0.2) is 27.5 Å². The monoisotopic (exact) mass is 677 g/mol. The maximum absolute atomic E-state index is 14.4. The molecule has 0 aliphatic carbocycles. The molecule has 0 aliphatic heterocycles. The number of imidazole rings is 1. The summed E-state index contributed by atoms with van der Waals surface area (Å²) in [6.45, 7) is -0.483. The number of carbonyl (C=O) groups excluding carboxylic acids is 3. The zero-order valence-corrected chi connectivity index (χ0v) is 25.4. The van der Waals surface area contributed by atoms with Crippen LogP contribution in [0.25, 0.3) is 11.0 Å². The van der Waals surface area contributed by atoms with E-state index in [4.69, 9.17) is 10.5 Å². The van der Waals surface area contributed by atoms with E-state index in [1.165, 1.54) is 35.0 Å². The van der Waals surface area contributed by atoms with Gasteiger partial charge < -0.3 is 30.7 Å². The lowest BCUT2D eigenvalue weighted by molar-refractivity contribution is -0.118. The number of nitrogens with two attached hydrogens (primary N) is 1. The Hall–Kier alpha value is -6.32. The standard InChI is InChI=1S/C33H27F4N7O5/c34-19-8-7-18(22(37)12-19)17-49-27-14-21(36)13-26-30(27)43-29(40-26)16-44-11-3-5-25(33(44)48)42-32(47)24(4-1-2-6-28(38)45)41-31(46)23-10-9-20(35)15-39-23/h2-3,5-15,24H,1,4,16-17H2,(H2,38,45)(H,40,43)(H,41,46)(H,42,47)/b6-2+. The van der Waals surface area contributed by atoms with Crippen LogP contribution in [0.4, 0.5) is 23.2 Å². The normalized spacial score (nSPS) is 11.8. The molecule has 0 radical (unpaired) electrons. The number of nitrogens with one attached hydrogen (secondary N) is 3. The van der Waals surface area contributed by atoms with Crippen molar-refractivity contribution >= 4 is 34.4 Å². The molecular weight excluding hydrogens is 650 g/mol. The van der Waals surface area contributed by atoms with E-state index < -0.39 is 52.6 Å². The van der Waals surface area contributed by atoms with Gasteiger partial charge in [0.1, 0.15) is 64.4 Å². The van der Waals surface area contributed by atoms with E-state index in [9.17, 15) is 36.7 Å². The van der Waals surface area contributed by atoms with Crippen molar-refractivity contribution in [1.29, 1.82) is 0 Å². The largest absolute Gasteiger partial charge is 0.486 e. The number of allylic oxidation sites excluding steroid dienone is 1. The number of rotatable bonds is 13. The summed E-state index contributed by atoms with van der Waals surface area (Å²) in [5.41, 5.74) is 4.61. The Bertz CT molecular complexity index is 2120. The SMILES string of the molecule is NC(=O)/C=C/CCC(NC(=O)c1ccc(F)cn1)C(=O)Nc1cccn(Cc2nc3cc(F)cc(OCc4ccc(F)cc4F)c3[nH]2)c1=O. The molecule has 3 aromatic heterocycles. The van der Waals surface area contributed by atoms with Crippen LogP contribution in [-0.4, -0.2) is 43.3 Å². The number of H-pyrrole nitrogens is 1. The number of anilines is 1. The number of ether oxygens (including phenoxy) is 1. The number of hydrogen-bond acceptors (Lipinski definition) is 7. The highest BCUT2D eigenvalue weighted by molar-refractivity contribution is 6.00. The summed E-state index contributed by atoms with van der Waals surface area (Å²) in [6, 6.07) is 8.96. The van der Waals surface area contributed by atoms with Crippen LogP contribution < -0.4 is 26.7 Å². The van der Waals surface area contributed by atoms with E-state index in [1.54, 1.807) is 0 Å². The van der Waals surface area contributed by atoms with Gasteiger partial charge in [-0.1, -0.05) is 6.08 Å². The number of amides is 3. The Kier molecular flexibility index (Phi) is 10.5. The number of carbonyl (C=O) groups is 3. The first kappa shape index (κ1) is 34.0. The van der Waals surface area contributed by atoms with Crippen LogP contribution in [0.5, 0.6) is 5.75 Å². The highest BCUT2D eigenvalue weighted by atomic mass is 19.1. The highest BCUT2D eigenvalue weighted by Gasteiger charge is 2.23. The van der Waals surface area contributed by atoms with E-state index in [0.717, 1.165) is 42.6 Å². The summed E-state index contributed by atoms with van der Waals surface area (Å²) in [7, 11) is 0. The molecule has 5 rings (SSSR count). The van der Waals surface area contributed by atoms with Crippen LogP contribution in [0.3, 0.4) is 0 Å². The summed E-state index contributed by atoms with van der Waals surface area (Å²) in [6.07, 6.45) is 4.92. The highest BCUT2D eigenvalue weighted by Crippen LogP contribution is 2.27. The third-order valence-electron chi connectivity index (χ3n) is 7.05. The van der Waals surface area contributed by atoms with Crippen molar-refractivity contribution in [2.45, 2.75) is 32.0 Å². The molecule has 5 aromatic rings. The molecule has 0 aliphatic rings. The fraction of sp³-hybridized carbons (Fsp3) is 0.152. The number of aromatic amines is 1. The minimum Gasteiger partial charge on any atom is -0.486 e. The molecule has 1 unspecified atom stereocenters. The first-order valence-corrected chi connectivity index (χ1v) is 14.6. The lowest BCUT2D eigenvalue weighted by Gasteiger charge is -2.18. The fourth-order valence-electron chi connectivity index (χ4n) is 4.69. The van der Waals surface area contributed by atoms with Gasteiger partial charge in [-0.3, -0.25) is 19.2 Å². The molecule has 2 aromatic carbocycles. The predicted molar refractivity (Wildman–Crippen MR) is 168 cm³/mol. The lowest BCUT2D eigenvalue weighted by atomic mass is 10.1. The molecule has 12 nitrogen and oxygen atoms in total. The van der Waals surface area contributed by atoms with Gasteiger partial charge in [-0.15, -0.1) is 0 Å². The van der Waals surface area contributed by atoms with Crippen LogP contribution in [0.15, 0.2) is 83.9 Å². The van der Waals surface area contributed by atoms with Gasteiger partial charge in [0.15, 0.2) is 0 Å². The molecule has 0 fully saturated rings. The molecule has 0 spiro atoms. The molecular formula is C33H27F4N7O5. The molecule has 49 heavy (non-hydrogen) atoms. The van der Waals surface area contributed by atoms with E-state index >= 15 is 0 Å². The van der Waals surface area contributed by atoms with Crippen LogP contribution in [0, 0.1) is 23.3 Å². The van der Waals surface area contributed by atoms with Crippen LogP contribution >= 0.6 is 0 Å². The summed E-state index contributed by atoms with van der Waals surface area (Å²) in [5, 5.41) is 4.99. The van der Waals surface area contributed by atoms with Crippen LogP contribution in [-0.2, 0) is 22.7 Å². The summed E-state index contributed by atoms with van der Waals surface area (Å²) in [4.78, 5) is 61.4. The number of pyridine rings is 2. The van der Waals surface area contributed by atoms with Gasteiger partial charge >= 0.3 is 0 Å². The molecule has 0 saturated heterocycles. The second-order valence-electron chi connectivity index (χ2n) is 10.6.